The summed E-state index contributed by atoms with van der Waals surface area (Å²) in [5.41, 5.74) is 1.83. The Bertz CT molecular complexity index is 769. The van der Waals surface area contributed by atoms with Crippen LogP contribution in [0.25, 0.3) is 0 Å². The van der Waals surface area contributed by atoms with Crippen LogP contribution in [0.2, 0.25) is 0 Å². The first-order chi connectivity index (χ1) is 12.3. The van der Waals surface area contributed by atoms with Crippen molar-refractivity contribution < 1.29 is 23.9 Å². The van der Waals surface area contributed by atoms with Gasteiger partial charge in [-0.3, -0.25) is 15.0 Å². The number of carbonyl (C=O) groups excluding carboxylic acids is 4. The number of thiazole rings is 1. The molecule has 2 N–H and O–H groups in total. The molecular weight excluding hydrogens is 360 g/mol. The molecule has 1 aliphatic heterocycles. The molecule has 9 nitrogen and oxygen atoms in total. The van der Waals surface area contributed by atoms with Crippen molar-refractivity contribution in [3.8, 4) is 0 Å². The van der Waals surface area contributed by atoms with Gasteiger partial charge in [0, 0.05) is 0 Å². The highest BCUT2D eigenvalue weighted by Gasteiger charge is 2.52. The maximum absolute atomic E-state index is 12.5. The average Bonchev–Trinajstić information content (AvgIpc) is 3.05. The number of amides is 4. The number of urea groups is 1. The zero-order valence-electron chi connectivity index (χ0n) is 14.6. The van der Waals surface area contributed by atoms with Gasteiger partial charge in [0.15, 0.2) is 6.61 Å². The minimum Gasteiger partial charge on any atom is -0.451 e. The molecule has 1 saturated heterocycles. The summed E-state index contributed by atoms with van der Waals surface area (Å²) < 4.78 is 4.95. The summed E-state index contributed by atoms with van der Waals surface area (Å²) in [6.45, 7) is 2.84. The highest BCUT2D eigenvalue weighted by Crippen LogP contribution is 2.32. The van der Waals surface area contributed by atoms with Gasteiger partial charge < -0.3 is 10.1 Å². The third kappa shape index (κ3) is 3.41. The van der Waals surface area contributed by atoms with Crippen molar-refractivity contribution in [1.82, 2.24) is 20.7 Å². The normalized spacial score (nSPS) is 18.8. The van der Waals surface area contributed by atoms with Crippen molar-refractivity contribution in [3.05, 3.63) is 15.6 Å². The number of rotatable bonds is 4. The Kier molecular flexibility index (Phi) is 4.94. The molecule has 4 amide bonds. The lowest BCUT2D eigenvalue weighted by Crippen LogP contribution is -2.51. The molecule has 2 aliphatic rings. The topological polar surface area (TPSA) is 118 Å². The van der Waals surface area contributed by atoms with Gasteiger partial charge in [-0.2, -0.15) is 5.01 Å². The highest BCUT2D eigenvalue weighted by molar-refractivity contribution is 7.13. The van der Waals surface area contributed by atoms with Crippen molar-refractivity contribution >= 4 is 35.2 Å². The van der Waals surface area contributed by atoms with Crippen LogP contribution in [-0.4, -0.2) is 46.0 Å². The lowest BCUT2D eigenvalue weighted by molar-refractivity contribution is -0.140. The summed E-state index contributed by atoms with van der Waals surface area (Å²) in [5, 5.41) is 4.09. The van der Waals surface area contributed by atoms with Crippen LogP contribution >= 0.6 is 11.3 Å². The van der Waals surface area contributed by atoms with Crippen LogP contribution in [0.5, 0.6) is 0 Å². The molecule has 1 aromatic rings. The van der Waals surface area contributed by atoms with E-state index in [1.54, 1.807) is 13.8 Å². The van der Waals surface area contributed by atoms with Crippen molar-refractivity contribution in [2.24, 2.45) is 0 Å². The number of hydrogen-bond acceptors (Lipinski definition) is 7. The second-order valence-electron chi connectivity index (χ2n) is 6.47. The number of hydrogen-bond donors (Lipinski definition) is 2. The number of aryl methyl sites for hydroxylation is 2. The Hall–Kier alpha value is -2.49. The summed E-state index contributed by atoms with van der Waals surface area (Å²) in [4.78, 5) is 53.1. The highest BCUT2D eigenvalue weighted by atomic mass is 32.1. The van der Waals surface area contributed by atoms with Gasteiger partial charge in [0.2, 0.25) is 0 Å². The maximum Gasteiger partial charge on any atom is 0.350 e. The fraction of sp³-hybridized carbons (Fsp3) is 0.562. The molecule has 10 heteroatoms. The first kappa shape index (κ1) is 18.3. The number of ether oxygens (including phenoxy) is 1. The smallest absolute Gasteiger partial charge is 0.350 e. The van der Waals surface area contributed by atoms with Gasteiger partial charge in [-0.15, -0.1) is 11.3 Å². The van der Waals surface area contributed by atoms with Crippen molar-refractivity contribution in [2.75, 3.05) is 6.61 Å². The molecule has 1 aromatic heterocycles. The maximum atomic E-state index is 12.5. The largest absolute Gasteiger partial charge is 0.451 e. The molecule has 2 heterocycles. The number of imide groups is 1. The van der Waals surface area contributed by atoms with E-state index in [1.165, 1.54) is 11.3 Å². The van der Waals surface area contributed by atoms with E-state index < -0.39 is 36.0 Å². The van der Waals surface area contributed by atoms with Crippen molar-refractivity contribution in [3.63, 3.8) is 0 Å². The number of nitrogens with one attached hydrogen (secondary N) is 2. The van der Waals surface area contributed by atoms with E-state index in [0.717, 1.165) is 24.3 Å². The minimum atomic E-state index is -0.920. The molecule has 140 valence electrons. The molecule has 3 rings (SSSR count). The summed E-state index contributed by atoms with van der Waals surface area (Å²) in [5.74, 6) is -1.88. The molecule has 1 saturated carbocycles. The van der Waals surface area contributed by atoms with Crippen molar-refractivity contribution in [1.29, 1.82) is 0 Å². The van der Waals surface area contributed by atoms with E-state index in [0.29, 0.717) is 28.4 Å². The summed E-state index contributed by atoms with van der Waals surface area (Å²) in [6.07, 6.45) is 3.83. The standard InChI is InChI=1S/C16H20N4O5S/c1-9-12(26-10(2)17-9)13(22)25-8-11(21)19-20-14(23)16(18-15(20)24)6-4-3-5-7-16/h3-8H2,1-2H3,(H,18,24)(H,19,21). The molecule has 0 bridgehead atoms. The predicted octanol–water partition coefficient (Wildman–Crippen LogP) is 1.20. The van der Waals surface area contributed by atoms with E-state index >= 15 is 0 Å². The van der Waals surface area contributed by atoms with Crippen molar-refractivity contribution in [2.45, 2.75) is 51.5 Å². The molecule has 0 aromatic carbocycles. The second kappa shape index (κ2) is 7.02. The van der Waals surface area contributed by atoms with Crippen LogP contribution in [-0.2, 0) is 14.3 Å². The minimum absolute atomic E-state index is 0.325. The predicted molar refractivity (Wildman–Crippen MR) is 91.2 cm³/mol. The zero-order chi connectivity index (χ0) is 18.9. The monoisotopic (exact) mass is 380 g/mol. The van der Waals surface area contributed by atoms with Crippen LogP contribution in [0.3, 0.4) is 0 Å². The van der Waals surface area contributed by atoms with Gasteiger partial charge in [-0.05, 0) is 26.7 Å². The number of hydrazine groups is 1. The van der Waals surface area contributed by atoms with Gasteiger partial charge in [0.05, 0.1) is 10.7 Å². The number of carbonyl (C=O) groups is 4. The summed E-state index contributed by atoms with van der Waals surface area (Å²) in [6, 6.07) is -0.662. The number of nitrogens with zero attached hydrogens (tertiary/aromatic N) is 2. The van der Waals surface area contributed by atoms with Gasteiger partial charge in [-0.25, -0.2) is 14.6 Å². The number of aromatic nitrogens is 1. The molecular formula is C16H20N4O5S. The lowest BCUT2D eigenvalue weighted by atomic mass is 9.82. The molecule has 0 unspecified atom stereocenters. The van der Waals surface area contributed by atoms with Crippen LogP contribution < -0.4 is 10.7 Å². The van der Waals surface area contributed by atoms with Crippen LogP contribution in [0.1, 0.15) is 52.5 Å². The quantitative estimate of drug-likeness (QED) is 0.599. The van der Waals surface area contributed by atoms with Crippen LogP contribution in [0.15, 0.2) is 0 Å². The van der Waals surface area contributed by atoms with E-state index in [-0.39, 0.29) is 0 Å². The Morgan fingerprint density at radius 1 is 1.27 bits per heavy atom. The second-order valence-corrected chi connectivity index (χ2v) is 7.68. The molecule has 0 atom stereocenters. The Morgan fingerprint density at radius 3 is 2.58 bits per heavy atom. The van der Waals surface area contributed by atoms with Crippen LogP contribution in [0.4, 0.5) is 4.79 Å². The third-order valence-corrected chi connectivity index (χ3v) is 5.58. The molecule has 1 aliphatic carbocycles. The number of esters is 1. The van der Waals surface area contributed by atoms with Gasteiger partial charge in [0.25, 0.3) is 11.8 Å². The fourth-order valence-corrected chi connectivity index (χ4v) is 4.10. The Morgan fingerprint density at radius 2 is 1.96 bits per heavy atom. The first-order valence-corrected chi connectivity index (χ1v) is 9.21. The molecule has 2 fully saturated rings. The summed E-state index contributed by atoms with van der Waals surface area (Å²) in [7, 11) is 0. The molecule has 26 heavy (non-hydrogen) atoms. The molecule has 1 spiro atoms. The van der Waals surface area contributed by atoms with Gasteiger partial charge in [0.1, 0.15) is 10.4 Å². The first-order valence-electron chi connectivity index (χ1n) is 8.40. The Labute approximate surface area is 154 Å². The summed E-state index contributed by atoms with van der Waals surface area (Å²) >= 11 is 1.18. The van der Waals surface area contributed by atoms with E-state index in [4.69, 9.17) is 4.74 Å². The van der Waals surface area contributed by atoms with Crippen LogP contribution in [0, 0.1) is 13.8 Å². The van der Waals surface area contributed by atoms with Gasteiger partial charge >= 0.3 is 12.0 Å². The lowest BCUT2D eigenvalue weighted by Gasteiger charge is -2.30. The molecule has 0 radical (unpaired) electrons. The van der Waals surface area contributed by atoms with E-state index in [2.05, 4.69) is 15.7 Å². The Balaban J connectivity index is 1.56. The third-order valence-electron chi connectivity index (χ3n) is 4.53. The van der Waals surface area contributed by atoms with E-state index in [1.807, 2.05) is 0 Å². The SMILES string of the molecule is Cc1nc(C)c(C(=O)OCC(=O)NN2C(=O)NC3(CCCCC3)C2=O)s1. The average molecular weight is 380 g/mol. The van der Waals surface area contributed by atoms with E-state index in [9.17, 15) is 19.2 Å². The fourth-order valence-electron chi connectivity index (χ4n) is 3.29. The zero-order valence-corrected chi connectivity index (χ0v) is 15.4. The van der Waals surface area contributed by atoms with Gasteiger partial charge in [-0.1, -0.05) is 19.3 Å².